The zero-order valence-electron chi connectivity index (χ0n) is 15.4. The van der Waals surface area contributed by atoms with Crippen molar-refractivity contribution >= 4 is 5.91 Å². The van der Waals surface area contributed by atoms with Crippen molar-refractivity contribution in [2.75, 3.05) is 20.3 Å². The van der Waals surface area contributed by atoms with Crippen molar-refractivity contribution in [1.29, 1.82) is 0 Å². The smallest absolute Gasteiger partial charge is 0.225 e. The number of nitrogens with one attached hydrogen (secondary N) is 1. The first-order valence-electron chi connectivity index (χ1n) is 8.41. The molecule has 1 aromatic heterocycles. The van der Waals surface area contributed by atoms with Crippen molar-refractivity contribution < 1.29 is 14.6 Å². The zero-order chi connectivity index (χ0) is 18.4. The highest BCUT2D eigenvalue weighted by molar-refractivity contribution is 5.80. The summed E-state index contributed by atoms with van der Waals surface area (Å²) in [6.07, 6.45) is 0.684. The second kappa shape index (κ2) is 8.27. The van der Waals surface area contributed by atoms with Crippen LogP contribution in [0.15, 0.2) is 30.3 Å². The molecule has 0 bridgehead atoms. The monoisotopic (exact) mass is 345 g/mol. The molecule has 0 aliphatic heterocycles. The van der Waals surface area contributed by atoms with Crippen LogP contribution in [0.25, 0.3) is 5.69 Å². The van der Waals surface area contributed by atoms with Crippen LogP contribution in [0.2, 0.25) is 0 Å². The number of aromatic nitrogens is 2. The fourth-order valence-corrected chi connectivity index (χ4v) is 3.03. The van der Waals surface area contributed by atoms with E-state index in [1.807, 2.05) is 55.8 Å². The minimum absolute atomic E-state index is 0.00979. The van der Waals surface area contributed by atoms with Crippen LogP contribution >= 0.6 is 0 Å². The number of methoxy groups -OCH3 is 1. The molecule has 1 atom stereocenters. The van der Waals surface area contributed by atoms with Gasteiger partial charge in [-0.2, -0.15) is 5.10 Å². The fraction of sp³-hybridized carbons (Fsp3) is 0.474. The highest BCUT2D eigenvalue weighted by atomic mass is 16.5. The third-order valence-electron chi connectivity index (χ3n) is 4.35. The quantitative estimate of drug-likeness (QED) is 0.766. The molecule has 6 nitrogen and oxygen atoms in total. The van der Waals surface area contributed by atoms with Gasteiger partial charge in [0.2, 0.25) is 5.91 Å². The van der Waals surface area contributed by atoms with Gasteiger partial charge in [0.25, 0.3) is 0 Å². The molecule has 136 valence electrons. The van der Waals surface area contributed by atoms with Gasteiger partial charge < -0.3 is 15.2 Å². The fourth-order valence-electron chi connectivity index (χ4n) is 3.03. The molecule has 0 spiro atoms. The highest BCUT2D eigenvalue weighted by Gasteiger charge is 2.27. The van der Waals surface area contributed by atoms with Crippen LogP contribution in [0.1, 0.15) is 30.3 Å². The number of ether oxygens (including phenoxy) is 1. The first-order chi connectivity index (χ1) is 11.9. The van der Waals surface area contributed by atoms with Crippen LogP contribution in [0.5, 0.6) is 0 Å². The van der Waals surface area contributed by atoms with Gasteiger partial charge in [-0.15, -0.1) is 0 Å². The van der Waals surface area contributed by atoms with Crippen molar-refractivity contribution in [3.63, 3.8) is 0 Å². The van der Waals surface area contributed by atoms with E-state index in [-0.39, 0.29) is 18.9 Å². The Morgan fingerprint density at radius 1 is 1.32 bits per heavy atom. The number of para-hydroxylation sites is 1. The number of carbonyl (C=O) groups excluding carboxylic acids is 1. The Hall–Kier alpha value is -2.18. The topological polar surface area (TPSA) is 76.4 Å². The van der Waals surface area contributed by atoms with E-state index in [9.17, 15) is 9.90 Å². The van der Waals surface area contributed by atoms with Crippen LogP contribution < -0.4 is 5.32 Å². The van der Waals surface area contributed by atoms with E-state index in [1.165, 1.54) is 0 Å². The Bertz CT molecular complexity index is 704. The molecule has 25 heavy (non-hydrogen) atoms. The molecule has 1 heterocycles. The number of aliphatic hydroxyl groups is 1. The summed E-state index contributed by atoms with van der Waals surface area (Å²) >= 11 is 0. The number of nitrogens with zero attached hydrogens (tertiary/aromatic N) is 2. The summed E-state index contributed by atoms with van der Waals surface area (Å²) < 4.78 is 7.04. The molecular weight excluding hydrogens is 318 g/mol. The summed E-state index contributed by atoms with van der Waals surface area (Å²) in [5.41, 5.74) is 3.10. The summed E-state index contributed by atoms with van der Waals surface area (Å²) in [6.45, 7) is 6.09. The Labute approximate surface area is 148 Å². The molecule has 0 aliphatic rings. The van der Waals surface area contributed by atoms with E-state index in [1.54, 1.807) is 7.11 Å². The van der Waals surface area contributed by atoms with E-state index in [4.69, 9.17) is 4.74 Å². The van der Waals surface area contributed by atoms with E-state index >= 15 is 0 Å². The second-order valence-corrected chi connectivity index (χ2v) is 6.59. The normalized spacial score (nSPS) is 13.5. The average Bonchev–Trinajstić information content (AvgIpc) is 2.84. The number of benzene rings is 1. The second-order valence-electron chi connectivity index (χ2n) is 6.59. The predicted molar refractivity (Wildman–Crippen MR) is 96.9 cm³/mol. The van der Waals surface area contributed by atoms with Crippen LogP contribution in [-0.4, -0.2) is 46.7 Å². The van der Waals surface area contributed by atoms with Crippen molar-refractivity contribution in [3.8, 4) is 5.69 Å². The molecular formula is C19H27N3O3. The van der Waals surface area contributed by atoms with Gasteiger partial charge in [0.1, 0.15) is 0 Å². The van der Waals surface area contributed by atoms with E-state index in [0.29, 0.717) is 13.0 Å². The molecule has 0 saturated carbocycles. The van der Waals surface area contributed by atoms with Crippen LogP contribution in [0.3, 0.4) is 0 Å². The van der Waals surface area contributed by atoms with E-state index in [2.05, 4.69) is 10.4 Å². The maximum atomic E-state index is 12.5. The summed E-state index contributed by atoms with van der Waals surface area (Å²) in [5.74, 6) is -0.105. The zero-order valence-corrected chi connectivity index (χ0v) is 15.4. The largest absolute Gasteiger partial charge is 0.396 e. The van der Waals surface area contributed by atoms with Crippen molar-refractivity contribution in [3.05, 3.63) is 47.3 Å². The average molecular weight is 345 g/mol. The van der Waals surface area contributed by atoms with Gasteiger partial charge in [-0.25, -0.2) is 4.68 Å². The van der Waals surface area contributed by atoms with Crippen molar-refractivity contribution in [1.82, 2.24) is 15.1 Å². The van der Waals surface area contributed by atoms with Crippen LogP contribution in [0.4, 0.5) is 0 Å². The number of amides is 1. The highest BCUT2D eigenvalue weighted by Crippen LogP contribution is 2.19. The molecule has 0 aliphatic carbocycles. The molecule has 2 rings (SSSR count). The van der Waals surface area contributed by atoms with Crippen LogP contribution in [0, 0.1) is 13.8 Å². The van der Waals surface area contributed by atoms with Crippen molar-refractivity contribution in [2.45, 2.75) is 39.2 Å². The number of carbonyl (C=O) groups is 1. The Morgan fingerprint density at radius 2 is 2.00 bits per heavy atom. The third-order valence-corrected chi connectivity index (χ3v) is 4.35. The lowest BCUT2D eigenvalue weighted by Gasteiger charge is -2.29. The Morgan fingerprint density at radius 3 is 2.60 bits per heavy atom. The standard InChI is InChI=1S/C19H27N3O3/c1-14-17(12-18(24)20-19(3,10-11-23)13-25-4)15(2)22(21-14)16-8-6-5-7-9-16/h5-9,23H,10-13H2,1-4H3,(H,20,24). The van der Waals surface area contributed by atoms with E-state index in [0.717, 1.165) is 22.6 Å². The van der Waals surface area contributed by atoms with Gasteiger partial charge in [0.05, 0.1) is 29.9 Å². The molecule has 1 unspecified atom stereocenters. The maximum absolute atomic E-state index is 12.5. The van der Waals surface area contributed by atoms with Gasteiger partial charge in [0, 0.05) is 25.0 Å². The maximum Gasteiger partial charge on any atom is 0.225 e. The molecule has 2 N–H and O–H groups in total. The molecule has 1 amide bonds. The predicted octanol–water partition coefficient (Wildman–Crippen LogP) is 1.94. The summed E-state index contributed by atoms with van der Waals surface area (Å²) in [4.78, 5) is 12.5. The van der Waals surface area contributed by atoms with Gasteiger partial charge >= 0.3 is 0 Å². The number of hydrogen-bond acceptors (Lipinski definition) is 4. The molecule has 1 aromatic carbocycles. The number of aryl methyl sites for hydroxylation is 1. The number of rotatable bonds is 8. The lowest BCUT2D eigenvalue weighted by Crippen LogP contribution is -2.50. The van der Waals surface area contributed by atoms with E-state index < -0.39 is 5.54 Å². The first-order valence-corrected chi connectivity index (χ1v) is 8.41. The van der Waals surface area contributed by atoms with Gasteiger partial charge in [-0.1, -0.05) is 18.2 Å². The van der Waals surface area contributed by atoms with Gasteiger partial charge in [-0.3, -0.25) is 4.79 Å². The minimum Gasteiger partial charge on any atom is -0.396 e. The summed E-state index contributed by atoms with van der Waals surface area (Å²) in [6, 6.07) is 9.86. The van der Waals surface area contributed by atoms with Crippen molar-refractivity contribution in [2.24, 2.45) is 0 Å². The molecule has 0 radical (unpaired) electrons. The minimum atomic E-state index is -0.585. The molecule has 2 aromatic rings. The third kappa shape index (κ3) is 4.67. The summed E-state index contributed by atoms with van der Waals surface area (Å²) in [5, 5.41) is 16.8. The lowest BCUT2D eigenvalue weighted by molar-refractivity contribution is -0.123. The van der Waals surface area contributed by atoms with Crippen LogP contribution in [-0.2, 0) is 16.0 Å². The number of hydrogen-bond donors (Lipinski definition) is 2. The number of aliphatic hydroxyl groups excluding tert-OH is 1. The molecule has 0 saturated heterocycles. The SMILES string of the molecule is COCC(C)(CCO)NC(=O)Cc1c(C)nn(-c2ccccc2)c1C. The van der Waals surface area contributed by atoms with Gasteiger partial charge in [0.15, 0.2) is 0 Å². The molecule has 0 fully saturated rings. The lowest BCUT2D eigenvalue weighted by atomic mass is 9.98. The molecule has 6 heteroatoms. The Balaban J connectivity index is 2.17. The Kier molecular flexibility index (Phi) is 6.33. The first kappa shape index (κ1) is 19.1. The summed E-state index contributed by atoms with van der Waals surface area (Å²) in [7, 11) is 1.58. The van der Waals surface area contributed by atoms with Gasteiger partial charge in [-0.05, 0) is 39.3 Å².